The molecule has 8 heteroatoms. The van der Waals surface area contributed by atoms with Crippen LogP contribution >= 0.6 is 23.6 Å². The van der Waals surface area contributed by atoms with Gasteiger partial charge in [-0.15, -0.1) is 16.4 Å². The van der Waals surface area contributed by atoms with Crippen LogP contribution in [0.4, 0.5) is 0 Å². The van der Waals surface area contributed by atoms with E-state index in [9.17, 15) is 0 Å². The summed E-state index contributed by atoms with van der Waals surface area (Å²) < 4.78 is 4.49. The first-order valence-corrected chi connectivity index (χ1v) is 7.16. The molecule has 3 rings (SSSR count). The van der Waals surface area contributed by atoms with Crippen LogP contribution in [0.2, 0.25) is 0 Å². The van der Waals surface area contributed by atoms with Gasteiger partial charge in [-0.25, -0.2) is 0 Å². The maximum Gasteiger partial charge on any atom is 0.195 e. The van der Waals surface area contributed by atoms with Gasteiger partial charge < -0.3 is 0 Å². The van der Waals surface area contributed by atoms with Crippen molar-refractivity contribution in [3.05, 3.63) is 34.7 Å². The second-order valence-corrected chi connectivity index (χ2v) is 5.34. The van der Waals surface area contributed by atoms with Gasteiger partial charge in [-0.3, -0.25) is 14.3 Å². The molecule has 0 radical (unpaired) electrons. The molecule has 98 valence electrons. The first-order valence-electron chi connectivity index (χ1n) is 5.88. The average Bonchev–Trinajstić information content (AvgIpc) is 3.12. The van der Waals surface area contributed by atoms with E-state index < -0.39 is 0 Å². The predicted octanol–water partition coefficient (Wildman–Crippen LogP) is 2.35. The molecule has 0 aliphatic rings. The first kappa shape index (κ1) is 12.2. The highest BCUT2D eigenvalue weighted by Gasteiger charge is 2.09. The Balaban J connectivity index is 1.74. The average molecular weight is 292 g/mol. The third-order valence-electron chi connectivity index (χ3n) is 2.74. The van der Waals surface area contributed by atoms with Crippen molar-refractivity contribution in [1.82, 2.24) is 29.8 Å². The van der Waals surface area contributed by atoms with Crippen LogP contribution in [-0.4, -0.2) is 29.8 Å². The van der Waals surface area contributed by atoms with Gasteiger partial charge in [-0.2, -0.15) is 5.10 Å². The molecular formula is C11H12N6S2. The van der Waals surface area contributed by atoms with Crippen LogP contribution < -0.4 is 0 Å². The van der Waals surface area contributed by atoms with Gasteiger partial charge in [0.1, 0.15) is 0 Å². The highest BCUT2D eigenvalue weighted by Crippen LogP contribution is 2.22. The molecule has 0 aromatic carbocycles. The Morgan fingerprint density at radius 3 is 3.05 bits per heavy atom. The lowest BCUT2D eigenvalue weighted by atomic mass is 10.4. The molecule has 3 aromatic rings. The summed E-state index contributed by atoms with van der Waals surface area (Å²) in [6.07, 6.45) is 4.46. The summed E-state index contributed by atoms with van der Waals surface area (Å²) in [4.78, 5) is 1.12. The molecule has 0 bridgehead atoms. The largest absolute Gasteiger partial charge is 0.299 e. The molecule has 0 aliphatic heterocycles. The molecule has 0 spiro atoms. The zero-order chi connectivity index (χ0) is 13.1. The second-order valence-electron chi connectivity index (χ2n) is 4.00. The quantitative estimate of drug-likeness (QED) is 0.733. The fourth-order valence-corrected chi connectivity index (χ4v) is 2.81. The Hall–Kier alpha value is -1.80. The highest BCUT2D eigenvalue weighted by molar-refractivity contribution is 7.71. The minimum atomic E-state index is 0.655. The molecule has 6 nitrogen and oxygen atoms in total. The topological polar surface area (TPSA) is 64.3 Å². The van der Waals surface area contributed by atoms with E-state index >= 15 is 0 Å². The van der Waals surface area contributed by atoms with Gasteiger partial charge in [0.05, 0.1) is 11.1 Å². The van der Waals surface area contributed by atoms with Crippen LogP contribution in [0.25, 0.3) is 10.7 Å². The van der Waals surface area contributed by atoms with Gasteiger partial charge in [-0.05, 0) is 30.1 Å². The van der Waals surface area contributed by atoms with E-state index in [-0.39, 0.29) is 0 Å². The van der Waals surface area contributed by atoms with Crippen molar-refractivity contribution < 1.29 is 0 Å². The monoisotopic (exact) mass is 292 g/mol. The van der Waals surface area contributed by atoms with Gasteiger partial charge in [0.25, 0.3) is 0 Å². The third kappa shape index (κ3) is 2.64. The lowest BCUT2D eigenvalue weighted by molar-refractivity contribution is 0.514. The summed E-state index contributed by atoms with van der Waals surface area (Å²) >= 11 is 6.93. The van der Waals surface area contributed by atoms with Gasteiger partial charge in [-0.1, -0.05) is 11.3 Å². The van der Waals surface area contributed by atoms with Crippen molar-refractivity contribution in [2.24, 2.45) is 0 Å². The van der Waals surface area contributed by atoms with Crippen LogP contribution in [-0.2, 0) is 13.1 Å². The number of hydrogen-bond donors (Lipinski definition) is 1. The first-order chi connectivity index (χ1) is 9.34. The highest BCUT2D eigenvalue weighted by atomic mass is 32.1. The summed E-state index contributed by atoms with van der Waals surface area (Å²) in [7, 11) is 0. The fourth-order valence-electron chi connectivity index (χ4n) is 1.86. The Bertz CT molecular complexity index is 679. The van der Waals surface area contributed by atoms with Crippen molar-refractivity contribution in [3.8, 4) is 10.7 Å². The summed E-state index contributed by atoms with van der Waals surface area (Å²) in [5.74, 6) is 0.901. The maximum atomic E-state index is 5.27. The second kappa shape index (κ2) is 5.45. The molecule has 0 saturated heterocycles. The van der Waals surface area contributed by atoms with E-state index in [2.05, 4.69) is 20.5 Å². The zero-order valence-corrected chi connectivity index (χ0v) is 11.7. The Labute approximate surface area is 118 Å². The standard InChI is InChI=1S/C11H12N6S2/c18-11-14-13-10(9-3-1-8-19-9)17(11)6-2-5-16-7-4-12-15-16/h1,3-4,7-8H,2,5-6H2,(H,14,18). The van der Waals surface area contributed by atoms with Gasteiger partial charge in [0, 0.05) is 19.3 Å². The molecular weight excluding hydrogens is 280 g/mol. The van der Waals surface area contributed by atoms with Crippen LogP contribution in [0.1, 0.15) is 6.42 Å². The molecule has 1 N–H and O–H groups in total. The van der Waals surface area contributed by atoms with Crippen molar-refractivity contribution >= 4 is 23.6 Å². The van der Waals surface area contributed by atoms with Crippen molar-refractivity contribution in [2.75, 3.05) is 0 Å². The molecule has 3 aromatic heterocycles. The molecule has 19 heavy (non-hydrogen) atoms. The fraction of sp³-hybridized carbons (Fsp3) is 0.273. The Morgan fingerprint density at radius 2 is 2.32 bits per heavy atom. The van der Waals surface area contributed by atoms with Gasteiger partial charge in [0.2, 0.25) is 0 Å². The van der Waals surface area contributed by atoms with Gasteiger partial charge in [0.15, 0.2) is 10.6 Å². The van der Waals surface area contributed by atoms with Crippen LogP contribution in [0.15, 0.2) is 29.9 Å². The van der Waals surface area contributed by atoms with E-state index in [1.165, 1.54) is 0 Å². The number of aromatic amines is 1. The molecule has 0 unspecified atom stereocenters. The van der Waals surface area contributed by atoms with E-state index in [1.807, 2.05) is 33.0 Å². The SMILES string of the molecule is S=c1[nH]nc(-c2cccs2)n1CCCn1ccnn1. The normalized spacial score (nSPS) is 10.9. The number of nitrogens with one attached hydrogen (secondary N) is 1. The smallest absolute Gasteiger partial charge is 0.195 e. The summed E-state index contributed by atoms with van der Waals surface area (Å²) in [6.45, 7) is 1.62. The predicted molar refractivity (Wildman–Crippen MR) is 75.4 cm³/mol. The zero-order valence-electron chi connectivity index (χ0n) is 10.1. The number of hydrogen-bond acceptors (Lipinski definition) is 5. The number of aromatic nitrogens is 6. The van der Waals surface area contributed by atoms with Crippen LogP contribution in [0.3, 0.4) is 0 Å². The van der Waals surface area contributed by atoms with Crippen LogP contribution in [0.5, 0.6) is 0 Å². The van der Waals surface area contributed by atoms with E-state index in [0.29, 0.717) is 4.77 Å². The lowest BCUT2D eigenvalue weighted by Gasteiger charge is -2.05. The number of nitrogens with zero attached hydrogens (tertiary/aromatic N) is 5. The number of aryl methyl sites for hydroxylation is 1. The van der Waals surface area contributed by atoms with E-state index in [1.54, 1.807) is 17.5 Å². The van der Waals surface area contributed by atoms with E-state index in [4.69, 9.17) is 12.2 Å². The van der Waals surface area contributed by atoms with Crippen molar-refractivity contribution in [3.63, 3.8) is 0 Å². The molecule has 0 amide bonds. The molecule has 0 saturated carbocycles. The van der Waals surface area contributed by atoms with Crippen LogP contribution in [0, 0.1) is 4.77 Å². The number of rotatable bonds is 5. The summed E-state index contributed by atoms with van der Waals surface area (Å²) in [6, 6.07) is 4.06. The minimum Gasteiger partial charge on any atom is -0.299 e. The van der Waals surface area contributed by atoms with Gasteiger partial charge >= 0.3 is 0 Å². The van der Waals surface area contributed by atoms with Crippen molar-refractivity contribution in [1.29, 1.82) is 0 Å². The third-order valence-corrected chi connectivity index (χ3v) is 3.92. The molecule has 0 aliphatic carbocycles. The molecule has 0 fully saturated rings. The number of H-pyrrole nitrogens is 1. The van der Waals surface area contributed by atoms with E-state index in [0.717, 1.165) is 30.2 Å². The molecule has 0 atom stereocenters. The minimum absolute atomic E-state index is 0.655. The maximum absolute atomic E-state index is 5.27. The summed E-state index contributed by atoms with van der Waals surface area (Å²) in [5, 5.41) is 16.9. The van der Waals surface area contributed by atoms with Crippen molar-refractivity contribution in [2.45, 2.75) is 19.5 Å². The lowest BCUT2D eigenvalue weighted by Crippen LogP contribution is -2.06. The number of thiophene rings is 1. The summed E-state index contributed by atoms with van der Waals surface area (Å²) in [5.41, 5.74) is 0. The Kier molecular flexibility index (Phi) is 3.51. The molecule has 3 heterocycles. The Morgan fingerprint density at radius 1 is 1.37 bits per heavy atom.